The topological polar surface area (TPSA) is 9.23 Å². The zero-order chi connectivity index (χ0) is 7.40. The number of rotatable bonds is 2. The summed E-state index contributed by atoms with van der Waals surface area (Å²) in [5.41, 5.74) is 0. The van der Waals surface area contributed by atoms with Gasteiger partial charge in [0.2, 0.25) is 0 Å². The first kappa shape index (κ1) is 8.06. The Balaban J connectivity index is 2.24. The van der Waals surface area contributed by atoms with E-state index >= 15 is 0 Å². The van der Waals surface area contributed by atoms with Gasteiger partial charge in [0.05, 0.1) is 6.10 Å². The van der Waals surface area contributed by atoms with E-state index in [0.717, 1.165) is 5.92 Å². The van der Waals surface area contributed by atoms with Crippen LogP contribution in [0.15, 0.2) is 0 Å². The Hall–Kier alpha value is -0.0400. The summed E-state index contributed by atoms with van der Waals surface area (Å²) in [6.45, 7) is 2.19. The van der Waals surface area contributed by atoms with Gasteiger partial charge in [-0.2, -0.15) is 0 Å². The Bertz CT molecular complexity index is 84.7. The molecular weight excluding hydrogens is 124 g/mol. The lowest BCUT2D eigenvalue weighted by molar-refractivity contribution is 0.0507. The van der Waals surface area contributed by atoms with Gasteiger partial charge in [0.25, 0.3) is 0 Å². The first-order valence-electron chi connectivity index (χ1n) is 4.37. The molecule has 0 amide bonds. The van der Waals surface area contributed by atoms with Crippen molar-refractivity contribution in [2.75, 3.05) is 7.11 Å². The van der Waals surface area contributed by atoms with Gasteiger partial charge >= 0.3 is 0 Å². The standard InChI is InChI=1S/C9H18O/c1-8(10-2)9-6-4-3-5-7-9/h8-9H,3-7H2,1-2H3/t8-/m1/s1. The number of ether oxygens (including phenoxy) is 1. The molecule has 0 bridgehead atoms. The van der Waals surface area contributed by atoms with Crippen LogP contribution in [-0.2, 0) is 4.74 Å². The fourth-order valence-corrected chi connectivity index (χ4v) is 1.80. The second-order valence-electron chi connectivity index (χ2n) is 3.34. The molecule has 0 saturated heterocycles. The first-order valence-corrected chi connectivity index (χ1v) is 4.37. The Morgan fingerprint density at radius 3 is 2.30 bits per heavy atom. The summed E-state index contributed by atoms with van der Waals surface area (Å²) in [4.78, 5) is 0. The van der Waals surface area contributed by atoms with E-state index in [4.69, 9.17) is 4.74 Å². The summed E-state index contributed by atoms with van der Waals surface area (Å²) in [7, 11) is 1.82. The van der Waals surface area contributed by atoms with Crippen LogP contribution in [0.1, 0.15) is 39.0 Å². The van der Waals surface area contributed by atoms with Crippen LogP contribution < -0.4 is 0 Å². The van der Waals surface area contributed by atoms with E-state index < -0.39 is 0 Å². The molecule has 0 spiro atoms. The van der Waals surface area contributed by atoms with Crippen LogP contribution in [0.2, 0.25) is 0 Å². The third-order valence-electron chi connectivity index (χ3n) is 2.69. The Kier molecular flexibility index (Phi) is 3.20. The third kappa shape index (κ3) is 1.98. The highest BCUT2D eigenvalue weighted by Crippen LogP contribution is 2.27. The molecule has 0 unspecified atom stereocenters. The molecule has 1 saturated carbocycles. The molecule has 0 N–H and O–H groups in total. The van der Waals surface area contributed by atoms with Gasteiger partial charge in [-0.05, 0) is 25.7 Å². The van der Waals surface area contributed by atoms with Crippen molar-refractivity contribution >= 4 is 0 Å². The molecule has 1 rings (SSSR count). The van der Waals surface area contributed by atoms with Crippen LogP contribution in [0.3, 0.4) is 0 Å². The first-order chi connectivity index (χ1) is 4.84. The van der Waals surface area contributed by atoms with Crippen molar-refractivity contribution in [2.45, 2.75) is 45.1 Å². The smallest absolute Gasteiger partial charge is 0.0571 e. The second-order valence-corrected chi connectivity index (χ2v) is 3.34. The highest BCUT2D eigenvalue weighted by atomic mass is 16.5. The molecule has 1 fully saturated rings. The normalized spacial score (nSPS) is 24.6. The SMILES string of the molecule is CO[C@H](C)C1CCCCC1. The van der Waals surface area contributed by atoms with Gasteiger partial charge in [0.15, 0.2) is 0 Å². The Morgan fingerprint density at radius 1 is 1.20 bits per heavy atom. The Morgan fingerprint density at radius 2 is 1.80 bits per heavy atom. The lowest BCUT2D eigenvalue weighted by Gasteiger charge is -2.26. The third-order valence-corrected chi connectivity index (χ3v) is 2.69. The number of hydrogen-bond donors (Lipinski definition) is 0. The van der Waals surface area contributed by atoms with Crippen molar-refractivity contribution in [3.63, 3.8) is 0 Å². The van der Waals surface area contributed by atoms with E-state index in [1.54, 1.807) is 0 Å². The maximum atomic E-state index is 5.29. The zero-order valence-electron chi connectivity index (χ0n) is 7.10. The molecular formula is C9H18O. The summed E-state index contributed by atoms with van der Waals surface area (Å²) in [6, 6.07) is 0. The van der Waals surface area contributed by atoms with Crippen molar-refractivity contribution in [3.8, 4) is 0 Å². The summed E-state index contributed by atoms with van der Waals surface area (Å²) >= 11 is 0. The summed E-state index contributed by atoms with van der Waals surface area (Å²) < 4.78 is 5.29. The summed E-state index contributed by atoms with van der Waals surface area (Å²) in [5.74, 6) is 0.846. The molecule has 0 radical (unpaired) electrons. The zero-order valence-corrected chi connectivity index (χ0v) is 7.10. The van der Waals surface area contributed by atoms with Gasteiger partial charge in [-0.1, -0.05) is 19.3 Å². The molecule has 1 heteroatoms. The molecule has 1 aliphatic rings. The minimum Gasteiger partial charge on any atom is -0.381 e. The van der Waals surface area contributed by atoms with E-state index in [-0.39, 0.29) is 0 Å². The average molecular weight is 142 g/mol. The highest BCUT2D eigenvalue weighted by molar-refractivity contribution is 4.70. The molecule has 1 atom stereocenters. The minimum atomic E-state index is 0.486. The van der Waals surface area contributed by atoms with Gasteiger partial charge in [0, 0.05) is 7.11 Å². The van der Waals surface area contributed by atoms with Crippen molar-refractivity contribution in [1.82, 2.24) is 0 Å². The molecule has 0 aliphatic heterocycles. The quantitative estimate of drug-likeness (QED) is 0.576. The fourth-order valence-electron chi connectivity index (χ4n) is 1.80. The van der Waals surface area contributed by atoms with E-state index in [1.807, 2.05) is 7.11 Å². The van der Waals surface area contributed by atoms with Gasteiger partial charge in [-0.25, -0.2) is 0 Å². The monoisotopic (exact) mass is 142 g/mol. The van der Waals surface area contributed by atoms with E-state index in [2.05, 4.69) is 6.92 Å². The molecule has 10 heavy (non-hydrogen) atoms. The van der Waals surface area contributed by atoms with Crippen molar-refractivity contribution in [3.05, 3.63) is 0 Å². The molecule has 1 aliphatic carbocycles. The van der Waals surface area contributed by atoms with Gasteiger partial charge in [-0.15, -0.1) is 0 Å². The molecule has 0 heterocycles. The minimum absolute atomic E-state index is 0.486. The van der Waals surface area contributed by atoms with Crippen molar-refractivity contribution in [1.29, 1.82) is 0 Å². The maximum absolute atomic E-state index is 5.29. The van der Waals surface area contributed by atoms with Crippen LogP contribution in [0, 0.1) is 5.92 Å². The molecule has 1 nitrogen and oxygen atoms in total. The fraction of sp³-hybridized carbons (Fsp3) is 1.00. The molecule has 0 aromatic heterocycles. The predicted octanol–water partition coefficient (Wildman–Crippen LogP) is 2.60. The van der Waals surface area contributed by atoms with Crippen LogP contribution in [-0.4, -0.2) is 13.2 Å². The second kappa shape index (κ2) is 3.97. The highest BCUT2D eigenvalue weighted by Gasteiger charge is 2.18. The average Bonchev–Trinajstić information content (AvgIpc) is 2.05. The lowest BCUT2D eigenvalue weighted by atomic mass is 9.86. The van der Waals surface area contributed by atoms with Gasteiger partial charge < -0.3 is 4.74 Å². The summed E-state index contributed by atoms with van der Waals surface area (Å²) in [6.07, 6.45) is 7.52. The number of methoxy groups -OCH3 is 1. The van der Waals surface area contributed by atoms with E-state index in [0.29, 0.717) is 6.10 Å². The van der Waals surface area contributed by atoms with Gasteiger partial charge in [0.1, 0.15) is 0 Å². The molecule has 60 valence electrons. The number of hydrogen-bond acceptors (Lipinski definition) is 1. The van der Waals surface area contributed by atoms with Crippen LogP contribution in [0.25, 0.3) is 0 Å². The maximum Gasteiger partial charge on any atom is 0.0571 e. The van der Waals surface area contributed by atoms with E-state index in [1.165, 1.54) is 32.1 Å². The lowest BCUT2D eigenvalue weighted by Crippen LogP contribution is -2.21. The van der Waals surface area contributed by atoms with E-state index in [9.17, 15) is 0 Å². The van der Waals surface area contributed by atoms with Crippen molar-refractivity contribution < 1.29 is 4.74 Å². The van der Waals surface area contributed by atoms with Crippen molar-refractivity contribution in [2.24, 2.45) is 5.92 Å². The predicted molar refractivity (Wildman–Crippen MR) is 43.0 cm³/mol. The molecule has 0 aromatic carbocycles. The summed E-state index contributed by atoms with van der Waals surface area (Å²) in [5, 5.41) is 0. The molecule has 0 aromatic rings. The Labute approximate surface area is 63.8 Å². The van der Waals surface area contributed by atoms with Crippen LogP contribution in [0.4, 0.5) is 0 Å². The van der Waals surface area contributed by atoms with Gasteiger partial charge in [-0.3, -0.25) is 0 Å². The van der Waals surface area contributed by atoms with Crippen LogP contribution in [0.5, 0.6) is 0 Å². The largest absolute Gasteiger partial charge is 0.381 e. The van der Waals surface area contributed by atoms with Crippen LogP contribution >= 0.6 is 0 Å².